The van der Waals surface area contributed by atoms with Gasteiger partial charge in [0.2, 0.25) is 0 Å². The summed E-state index contributed by atoms with van der Waals surface area (Å²) in [4.78, 5) is 6.92. The van der Waals surface area contributed by atoms with E-state index in [1.54, 1.807) is 0 Å². The van der Waals surface area contributed by atoms with E-state index >= 15 is 0 Å². The lowest BCUT2D eigenvalue weighted by Crippen LogP contribution is -2.43. The van der Waals surface area contributed by atoms with Gasteiger partial charge in [0, 0.05) is 17.8 Å². The molecule has 19 heavy (non-hydrogen) atoms. The van der Waals surface area contributed by atoms with Crippen LogP contribution in [0.3, 0.4) is 0 Å². The van der Waals surface area contributed by atoms with Crippen LogP contribution < -0.4 is 5.32 Å². The zero-order valence-electron chi connectivity index (χ0n) is 13.7. The van der Waals surface area contributed by atoms with E-state index in [-0.39, 0.29) is 0 Å². The van der Waals surface area contributed by atoms with Gasteiger partial charge in [0.1, 0.15) is 0 Å². The summed E-state index contributed by atoms with van der Waals surface area (Å²) in [6.45, 7) is 13.5. The summed E-state index contributed by atoms with van der Waals surface area (Å²) >= 11 is 1.93. The maximum Gasteiger partial charge on any atom is 0.157 e. The van der Waals surface area contributed by atoms with Crippen molar-refractivity contribution >= 4 is 16.9 Å². The summed E-state index contributed by atoms with van der Waals surface area (Å²) < 4.78 is 0. The molecule has 0 aliphatic carbocycles. The minimum Gasteiger partial charge on any atom is -0.361 e. The Labute approximate surface area is 123 Å². The van der Waals surface area contributed by atoms with Crippen LogP contribution in [0.2, 0.25) is 0 Å². The van der Waals surface area contributed by atoms with E-state index in [2.05, 4.69) is 63.9 Å². The van der Waals surface area contributed by atoms with Gasteiger partial charge in [-0.05, 0) is 31.8 Å². The summed E-state index contributed by atoms with van der Waals surface area (Å²) in [5, 5.41) is 5.43. The van der Waals surface area contributed by atoms with Gasteiger partial charge in [-0.1, -0.05) is 46.4 Å². The van der Waals surface area contributed by atoms with Crippen LogP contribution in [0, 0.1) is 11.3 Å². The highest BCUT2D eigenvalue weighted by Gasteiger charge is 2.26. The van der Waals surface area contributed by atoms with Gasteiger partial charge in [0.25, 0.3) is 0 Å². The molecule has 1 rings (SSSR count). The van der Waals surface area contributed by atoms with Crippen molar-refractivity contribution in [3.8, 4) is 0 Å². The molecule has 4 heteroatoms. The highest BCUT2D eigenvalue weighted by atomic mass is 32.2. The minimum atomic E-state index is 0.393. The molecule has 1 N–H and O–H groups in total. The number of hydrogen-bond donors (Lipinski definition) is 1. The summed E-state index contributed by atoms with van der Waals surface area (Å²) in [7, 11) is 4.26. The Kier molecular flexibility index (Phi) is 6.18. The van der Waals surface area contributed by atoms with Crippen LogP contribution in [0.5, 0.6) is 0 Å². The molecule has 1 aliphatic heterocycles. The molecule has 3 nitrogen and oxygen atoms in total. The smallest absolute Gasteiger partial charge is 0.157 e. The predicted molar refractivity (Wildman–Crippen MR) is 88.1 cm³/mol. The number of likely N-dealkylation sites (N-methyl/N-ethyl adjacent to an activating group) is 1. The van der Waals surface area contributed by atoms with Gasteiger partial charge >= 0.3 is 0 Å². The van der Waals surface area contributed by atoms with Crippen LogP contribution in [0.1, 0.15) is 41.0 Å². The third-order valence-electron chi connectivity index (χ3n) is 3.23. The van der Waals surface area contributed by atoms with Crippen molar-refractivity contribution in [1.29, 1.82) is 0 Å². The van der Waals surface area contributed by atoms with E-state index in [1.165, 1.54) is 6.42 Å². The number of thioether (sulfide) groups is 1. The topological polar surface area (TPSA) is 27.6 Å². The van der Waals surface area contributed by atoms with Crippen LogP contribution in [0.25, 0.3) is 0 Å². The molecule has 0 saturated heterocycles. The van der Waals surface area contributed by atoms with Gasteiger partial charge in [-0.25, -0.2) is 0 Å². The van der Waals surface area contributed by atoms with Gasteiger partial charge in [0.05, 0.1) is 6.54 Å². The van der Waals surface area contributed by atoms with Gasteiger partial charge in [0.15, 0.2) is 5.17 Å². The first-order valence-corrected chi connectivity index (χ1v) is 8.17. The van der Waals surface area contributed by atoms with E-state index in [4.69, 9.17) is 0 Å². The fourth-order valence-electron chi connectivity index (χ4n) is 2.26. The molecule has 0 amide bonds. The Hall–Kier alpha value is -0.220. The van der Waals surface area contributed by atoms with E-state index in [9.17, 15) is 0 Å². The Morgan fingerprint density at radius 1 is 1.37 bits per heavy atom. The van der Waals surface area contributed by atoms with Crippen molar-refractivity contribution in [1.82, 2.24) is 10.2 Å². The van der Waals surface area contributed by atoms with Crippen LogP contribution in [-0.2, 0) is 0 Å². The number of amidine groups is 1. The fourth-order valence-corrected chi connectivity index (χ4v) is 3.68. The highest BCUT2D eigenvalue weighted by molar-refractivity contribution is 8.14. The molecule has 0 saturated carbocycles. The van der Waals surface area contributed by atoms with E-state index < -0.39 is 0 Å². The second kappa shape index (κ2) is 6.98. The normalized spacial score (nSPS) is 21.9. The average Bonchev–Trinajstić information content (AvgIpc) is 2.60. The first-order chi connectivity index (χ1) is 8.67. The van der Waals surface area contributed by atoms with Crippen molar-refractivity contribution in [3.05, 3.63) is 0 Å². The van der Waals surface area contributed by atoms with Crippen LogP contribution >= 0.6 is 11.8 Å². The largest absolute Gasteiger partial charge is 0.361 e. The summed E-state index contributed by atoms with van der Waals surface area (Å²) in [6.07, 6.45) is 1.23. The quantitative estimate of drug-likeness (QED) is 0.841. The maximum absolute atomic E-state index is 4.68. The summed E-state index contributed by atoms with van der Waals surface area (Å²) in [6, 6.07) is 0.481. The molecule has 1 aliphatic rings. The fraction of sp³-hybridized carbons (Fsp3) is 0.933. The molecule has 1 heterocycles. The van der Waals surface area contributed by atoms with Crippen LogP contribution in [-0.4, -0.2) is 48.5 Å². The molecule has 0 radical (unpaired) electrons. The van der Waals surface area contributed by atoms with Crippen LogP contribution in [0.15, 0.2) is 4.99 Å². The average molecular weight is 286 g/mol. The molecule has 112 valence electrons. The number of rotatable bonds is 5. The van der Waals surface area contributed by atoms with Crippen molar-refractivity contribution in [2.24, 2.45) is 16.3 Å². The predicted octanol–water partition coefficient (Wildman–Crippen LogP) is 3.07. The van der Waals surface area contributed by atoms with Gasteiger partial charge in [-0.15, -0.1) is 0 Å². The van der Waals surface area contributed by atoms with Gasteiger partial charge < -0.3 is 10.2 Å². The Balaban J connectivity index is 2.45. The minimum absolute atomic E-state index is 0.393. The first kappa shape index (κ1) is 16.8. The van der Waals surface area contributed by atoms with E-state index in [1.807, 2.05) is 11.8 Å². The zero-order valence-corrected chi connectivity index (χ0v) is 14.5. The lowest BCUT2D eigenvalue weighted by molar-refractivity contribution is 0.314. The van der Waals surface area contributed by atoms with Gasteiger partial charge in [-0.3, -0.25) is 4.99 Å². The molecule has 0 fully saturated rings. The van der Waals surface area contributed by atoms with Gasteiger partial charge in [-0.2, -0.15) is 0 Å². The molecule has 0 aromatic rings. The number of nitrogens with zero attached hydrogens (tertiary/aromatic N) is 2. The Morgan fingerprint density at radius 3 is 2.47 bits per heavy atom. The molecule has 2 atom stereocenters. The molecule has 2 unspecified atom stereocenters. The summed E-state index contributed by atoms with van der Waals surface area (Å²) in [5.41, 5.74) is 0.393. The molecular formula is C15H31N3S. The number of aliphatic imine (C=N–C) groups is 1. The van der Waals surface area contributed by atoms with Crippen molar-refractivity contribution < 1.29 is 0 Å². The standard InChI is InChI=1S/C15H31N3S/c1-11(2)13(10-18(6)7)17-14-16-9-12(19-14)8-15(3,4)5/h11-13H,8-10H2,1-7H3,(H,16,17). The zero-order chi connectivity index (χ0) is 14.6. The maximum atomic E-state index is 4.68. The highest BCUT2D eigenvalue weighted by Crippen LogP contribution is 2.31. The monoisotopic (exact) mass is 285 g/mol. The number of nitrogens with one attached hydrogen (secondary N) is 1. The van der Waals surface area contributed by atoms with Crippen molar-refractivity contribution in [2.45, 2.75) is 52.3 Å². The molecule has 0 aromatic carbocycles. The second-order valence-corrected chi connectivity index (χ2v) is 8.70. The second-order valence-electron chi connectivity index (χ2n) is 7.41. The molecule has 0 bridgehead atoms. The van der Waals surface area contributed by atoms with Crippen LogP contribution in [0.4, 0.5) is 0 Å². The molecule has 0 spiro atoms. The Morgan fingerprint density at radius 2 is 2.00 bits per heavy atom. The number of hydrogen-bond acceptors (Lipinski definition) is 4. The third kappa shape index (κ3) is 6.66. The lowest BCUT2D eigenvalue weighted by atomic mass is 9.90. The first-order valence-electron chi connectivity index (χ1n) is 7.30. The summed E-state index contributed by atoms with van der Waals surface area (Å²) in [5.74, 6) is 0.618. The SMILES string of the molecule is CC(C)C(CN(C)C)NC1=NCC(CC(C)(C)C)S1. The van der Waals surface area contributed by atoms with E-state index in [0.29, 0.717) is 22.6 Å². The third-order valence-corrected chi connectivity index (χ3v) is 4.35. The molecular weight excluding hydrogens is 254 g/mol. The van der Waals surface area contributed by atoms with E-state index in [0.717, 1.165) is 18.3 Å². The Bertz CT molecular complexity index is 305. The molecule has 0 aromatic heterocycles. The van der Waals surface area contributed by atoms with Crippen molar-refractivity contribution in [3.63, 3.8) is 0 Å². The van der Waals surface area contributed by atoms with Crippen molar-refractivity contribution in [2.75, 3.05) is 27.2 Å². The lowest BCUT2D eigenvalue weighted by Gasteiger charge is -2.27.